The van der Waals surface area contributed by atoms with E-state index < -0.39 is 5.82 Å². The third-order valence-electron chi connectivity index (χ3n) is 5.72. The van der Waals surface area contributed by atoms with Crippen LogP contribution in [0.25, 0.3) is 0 Å². The Labute approximate surface area is 197 Å². The molecular formula is C26H26F2N4O2. The minimum Gasteiger partial charge on any atom is -0.368 e. The molecule has 0 radical (unpaired) electrons. The van der Waals surface area contributed by atoms with Gasteiger partial charge in [-0.1, -0.05) is 24.3 Å². The number of carbonyl (C=O) groups excluding carboxylic acids is 2. The van der Waals surface area contributed by atoms with E-state index in [0.717, 1.165) is 11.3 Å². The van der Waals surface area contributed by atoms with Crippen molar-refractivity contribution in [1.29, 1.82) is 0 Å². The third-order valence-corrected chi connectivity index (χ3v) is 5.72. The molecule has 0 unspecified atom stereocenters. The van der Waals surface area contributed by atoms with Crippen LogP contribution in [-0.2, 0) is 11.3 Å². The summed E-state index contributed by atoms with van der Waals surface area (Å²) < 4.78 is 26.9. The van der Waals surface area contributed by atoms with Crippen molar-refractivity contribution in [3.05, 3.63) is 95.6 Å². The highest BCUT2D eigenvalue weighted by Crippen LogP contribution is 2.20. The van der Waals surface area contributed by atoms with Crippen molar-refractivity contribution in [3.63, 3.8) is 0 Å². The number of benzene rings is 3. The number of anilines is 2. The lowest BCUT2D eigenvalue weighted by Gasteiger charge is -2.36. The van der Waals surface area contributed by atoms with Gasteiger partial charge >= 0.3 is 0 Å². The maximum absolute atomic E-state index is 13.9. The average molecular weight is 465 g/mol. The van der Waals surface area contributed by atoms with E-state index >= 15 is 0 Å². The average Bonchev–Trinajstić information content (AvgIpc) is 2.86. The van der Waals surface area contributed by atoms with Gasteiger partial charge in [0.1, 0.15) is 11.6 Å². The van der Waals surface area contributed by atoms with E-state index in [1.807, 2.05) is 24.3 Å². The molecule has 0 spiro atoms. The normalized spacial score (nSPS) is 13.6. The van der Waals surface area contributed by atoms with Crippen LogP contribution in [0.2, 0.25) is 0 Å². The maximum Gasteiger partial charge on any atom is 0.256 e. The van der Waals surface area contributed by atoms with E-state index in [1.54, 1.807) is 29.2 Å². The van der Waals surface area contributed by atoms with Crippen molar-refractivity contribution in [1.82, 2.24) is 10.2 Å². The molecule has 4 rings (SSSR count). The predicted molar refractivity (Wildman–Crippen MR) is 128 cm³/mol. The third kappa shape index (κ3) is 5.96. The van der Waals surface area contributed by atoms with Gasteiger partial charge in [-0.3, -0.25) is 9.59 Å². The molecule has 3 aromatic carbocycles. The molecule has 176 valence electrons. The number of carbonyl (C=O) groups is 2. The monoisotopic (exact) mass is 464 g/mol. The Morgan fingerprint density at radius 2 is 1.50 bits per heavy atom. The summed E-state index contributed by atoms with van der Waals surface area (Å²) in [6, 6.07) is 19.7. The second kappa shape index (κ2) is 10.9. The molecule has 1 aliphatic heterocycles. The molecule has 0 saturated carbocycles. The van der Waals surface area contributed by atoms with E-state index in [9.17, 15) is 18.4 Å². The first-order valence-electron chi connectivity index (χ1n) is 11.1. The van der Waals surface area contributed by atoms with Crippen molar-refractivity contribution in [2.45, 2.75) is 6.54 Å². The number of piperazine rings is 1. The van der Waals surface area contributed by atoms with Gasteiger partial charge in [0.05, 0.1) is 12.1 Å². The van der Waals surface area contributed by atoms with Crippen molar-refractivity contribution < 1.29 is 18.4 Å². The topological polar surface area (TPSA) is 64.7 Å². The van der Waals surface area contributed by atoms with Crippen LogP contribution in [-0.4, -0.2) is 49.4 Å². The lowest BCUT2D eigenvalue weighted by atomic mass is 10.1. The number of halogens is 2. The molecule has 1 fully saturated rings. The van der Waals surface area contributed by atoms with Gasteiger partial charge in [-0.2, -0.15) is 0 Å². The van der Waals surface area contributed by atoms with Gasteiger partial charge in [0, 0.05) is 44.1 Å². The maximum atomic E-state index is 13.9. The zero-order valence-electron chi connectivity index (χ0n) is 18.6. The molecular weight excluding hydrogens is 438 g/mol. The molecule has 2 amide bonds. The molecule has 8 heteroatoms. The second-order valence-corrected chi connectivity index (χ2v) is 8.08. The number of nitrogens with zero attached hydrogens (tertiary/aromatic N) is 2. The van der Waals surface area contributed by atoms with Crippen LogP contribution >= 0.6 is 0 Å². The van der Waals surface area contributed by atoms with Crippen LogP contribution in [0.15, 0.2) is 72.8 Å². The predicted octanol–water partition coefficient (Wildman–Crippen LogP) is 3.66. The zero-order valence-corrected chi connectivity index (χ0v) is 18.6. The molecule has 0 atom stereocenters. The van der Waals surface area contributed by atoms with Gasteiger partial charge in [-0.15, -0.1) is 0 Å². The summed E-state index contributed by atoms with van der Waals surface area (Å²) in [7, 11) is 0. The van der Waals surface area contributed by atoms with Crippen LogP contribution in [0.1, 0.15) is 15.9 Å². The molecule has 6 nitrogen and oxygen atoms in total. The summed E-state index contributed by atoms with van der Waals surface area (Å²) in [6.07, 6.45) is 0. The van der Waals surface area contributed by atoms with Gasteiger partial charge in [0.25, 0.3) is 5.91 Å². The first kappa shape index (κ1) is 23.4. The van der Waals surface area contributed by atoms with E-state index in [-0.39, 0.29) is 29.7 Å². The quantitative estimate of drug-likeness (QED) is 0.560. The van der Waals surface area contributed by atoms with Crippen LogP contribution in [0, 0.1) is 11.6 Å². The zero-order chi connectivity index (χ0) is 23.9. The van der Waals surface area contributed by atoms with E-state index in [0.29, 0.717) is 38.4 Å². The van der Waals surface area contributed by atoms with Crippen molar-refractivity contribution >= 4 is 23.2 Å². The van der Waals surface area contributed by atoms with Crippen molar-refractivity contribution in [3.8, 4) is 0 Å². The Hall–Kier alpha value is -3.78. The van der Waals surface area contributed by atoms with Crippen LogP contribution in [0.5, 0.6) is 0 Å². The minimum absolute atomic E-state index is 0.100. The Bertz CT molecular complexity index is 1130. The number of hydrogen-bond acceptors (Lipinski definition) is 4. The van der Waals surface area contributed by atoms with Crippen LogP contribution in [0.4, 0.5) is 20.2 Å². The fourth-order valence-electron chi connectivity index (χ4n) is 3.86. The highest BCUT2D eigenvalue weighted by Gasteiger charge is 2.24. The minimum atomic E-state index is -0.502. The van der Waals surface area contributed by atoms with Gasteiger partial charge in [0.2, 0.25) is 5.91 Å². The largest absolute Gasteiger partial charge is 0.368 e. The van der Waals surface area contributed by atoms with Crippen LogP contribution in [0.3, 0.4) is 0 Å². The summed E-state index contributed by atoms with van der Waals surface area (Å²) >= 11 is 0. The number of amides is 2. The first-order chi connectivity index (χ1) is 16.5. The smallest absolute Gasteiger partial charge is 0.256 e. The van der Waals surface area contributed by atoms with Gasteiger partial charge in [-0.25, -0.2) is 8.78 Å². The Balaban J connectivity index is 1.23. The van der Waals surface area contributed by atoms with E-state index in [2.05, 4.69) is 15.5 Å². The standard InChI is InChI=1S/C26H26F2N4O2/c27-20-7-5-19(6-8-20)17-29-18-25(33)30-21-9-11-22(12-10-21)31-13-15-32(16-14-31)26(34)23-3-1-2-4-24(23)28/h1-12,29H,13-18H2,(H,30,33). The lowest BCUT2D eigenvalue weighted by Crippen LogP contribution is -2.49. The van der Waals surface area contributed by atoms with Crippen molar-refractivity contribution in [2.75, 3.05) is 42.9 Å². The highest BCUT2D eigenvalue weighted by molar-refractivity contribution is 5.94. The Morgan fingerprint density at radius 1 is 0.824 bits per heavy atom. The molecule has 0 aliphatic carbocycles. The molecule has 1 heterocycles. The summed E-state index contributed by atoms with van der Waals surface area (Å²) in [5.41, 5.74) is 2.67. The number of nitrogens with one attached hydrogen (secondary N) is 2. The highest BCUT2D eigenvalue weighted by atomic mass is 19.1. The molecule has 3 aromatic rings. The van der Waals surface area contributed by atoms with Gasteiger partial charge in [-0.05, 0) is 54.1 Å². The molecule has 34 heavy (non-hydrogen) atoms. The fourth-order valence-corrected chi connectivity index (χ4v) is 3.86. The number of rotatable bonds is 7. The van der Waals surface area contributed by atoms with E-state index in [1.165, 1.54) is 24.3 Å². The SMILES string of the molecule is O=C(CNCc1ccc(F)cc1)Nc1ccc(N2CCN(C(=O)c3ccccc3F)CC2)cc1. The Kier molecular flexibility index (Phi) is 7.49. The Morgan fingerprint density at radius 3 is 2.18 bits per heavy atom. The van der Waals surface area contributed by atoms with E-state index in [4.69, 9.17) is 0 Å². The number of hydrogen-bond donors (Lipinski definition) is 2. The van der Waals surface area contributed by atoms with Gasteiger partial charge in [0.15, 0.2) is 0 Å². The summed E-state index contributed by atoms with van der Waals surface area (Å²) in [6.45, 7) is 2.89. The molecule has 0 bridgehead atoms. The second-order valence-electron chi connectivity index (χ2n) is 8.08. The summed E-state index contributed by atoms with van der Waals surface area (Å²) in [5, 5.41) is 5.88. The molecule has 2 N–H and O–H groups in total. The molecule has 1 saturated heterocycles. The summed E-state index contributed by atoms with van der Waals surface area (Å²) in [5.74, 6) is -1.25. The molecule has 1 aliphatic rings. The fraction of sp³-hybridized carbons (Fsp3) is 0.231. The summed E-state index contributed by atoms with van der Waals surface area (Å²) in [4.78, 5) is 28.6. The lowest BCUT2D eigenvalue weighted by molar-refractivity contribution is -0.115. The van der Waals surface area contributed by atoms with Gasteiger partial charge < -0.3 is 20.4 Å². The molecule has 0 aromatic heterocycles. The van der Waals surface area contributed by atoms with Crippen LogP contribution < -0.4 is 15.5 Å². The van der Waals surface area contributed by atoms with Crippen molar-refractivity contribution in [2.24, 2.45) is 0 Å². The first-order valence-corrected chi connectivity index (χ1v) is 11.1.